The van der Waals surface area contributed by atoms with Gasteiger partial charge in [-0.1, -0.05) is 30.3 Å². The molecule has 1 atom stereocenters. The number of hydrogen-bond acceptors (Lipinski definition) is 2. The molecule has 2 nitrogen and oxygen atoms in total. The molecule has 0 spiro atoms. The fraction of sp³-hybridized carbons (Fsp3) is 0.400. The van der Waals surface area contributed by atoms with Crippen molar-refractivity contribution < 1.29 is 4.74 Å². The molecule has 1 aromatic carbocycles. The van der Waals surface area contributed by atoms with E-state index in [4.69, 9.17) is 10.5 Å². The van der Waals surface area contributed by atoms with Crippen LogP contribution in [0.2, 0.25) is 0 Å². The van der Waals surface area contributed by atoms with Crippen molar-refractivity contribution in [3.63, 3.8) is 0 Å². The lowest BCUT2D eigenvalue weighted by Crippen LogP contribution is -2.27. The smallest absolute Gasteiger partial charge is 0.0616 e. The second-order valence-electron chi connectivity index (χ2n) is 2.91. The molecule has 0 bridgehead atoms. The zero-order valence-corrected chi connectivity index (χ0v) is 7.36. The van der Waals surface area contributed by atoms with Gasteiger partial charge in [0.2, 0.25) is 0 Å². The van der Waals surface area contributed by atoms with Crippen LogP contribution in [-0.4, -0.2) is 19.8 Å². The standard InChI is InChI=1S/C10H15NO/c1-12-8-10(11)7-9-5-3-2-4-6-9/h2-6,10H,7-8,11H2,1H3/t10-/m0/s1. The Morgan fingerprint density at radius 3 is 2.58 bits per heavy atom. The molecule has 0 aromatic heterocycles. The molecule has 0 saturated carbocycles. The lowest BCUT2D eigenvalue weighted by Gasteiger charge is -2.09. The predicted octanol–water partition coefficient (Wildman–Crippen LogP) is 1.20. The van der Waals surface area contributed by atoms with Crippen LogP contribution in [0, 0.1) is 0 Å². The Balaban J connectivity index is 2.41. The predicted molar refractivity (Wildman–Crippen MR) is 50.0 cm³/mol. The highest BCUT2D eigenvalue weighted by Gasteiger charge is 2.01. The summed E-state index contributed by atoms with van der Waals surface area (Å²) in [7, 11) is 1.67. The third-order valence-corrected chi connectivity index (χ3v) is 1.72. The molecule has 2 N–H and O–H groups in total. The first-order chi connectivity index (χ1) is 5.83. The highest BCUT2D eigenvalue weighted by atomic mass is 16.5. The summed E-state index contributed by atoms with van der Waals surface area (Å²) in [4.78, 5) is 0. The van der Waals surface area contributed by atoms with E-state index in [1.165, 1.54) is 5.56 Å². The minimum Gasteiger partial charge on any atom is -0.383 e. The van der Waals surface area contributed by atoms with Crippen LogP contribution in [0.25, 0.3) is 0 Å². The van der Waals surface area contributed by atoms with E-state index in [0.29, 0.717) is 6.61 Å². The molecular weight excluding hydrogens is 150 g/mol. The van der Waals surface area contributed by atoms with Crippen LogP contribution >= 0.6 is 0 Å². The van der Waals surface area contributed by atoms with Gasteiger partial charge < -0.3 is 10.5 Å². The monoisotopic (exact) mass is 165 g/mol. The van der Waals surface area contributed by atoms with Crippen LogP contribution in [0.4, 0.5) is 0 Å². The molecule has 0 heterocycles. The summed E-state index contributed by atoms with van der Waals surface area (Å²) in [6.07, 6.45) is 0.884. The van der Waals surface area contributed by atoms with Gasteiger partial charge in [-0.25, -0.2) is 0 Å². The van der Waals surface area contributed by atoms with Crippen LogP contribution in [-0.2, 0) is 11.2 Å². The molecule has 0 fully saturated rings. The summed E-state index contributed by atoms with van der Waals surface area (Å²) < 4.78 is 4.95. The van der Waals surface area contributed by atoms with E-state index in [1.54, 1.807) is 7.11 Å². The van der Waals surface area contributed by atoms with Crippen LogP contribution in [0.15, 0.2) is 30.3 Å². The Kier molecular flexibility index (Phi) is 3.77. The summed E-state index contributed by atoms with van der Waals surface area (Å²) >= 11 is 0. The highest BCUT2D eigenvalue weighted by Crippen LogP contribution is 2.01. The van der Waals surface area contributed by atoms with E-state index in [0.717, 1.165) is 6.42 Å². The molecule has 0 amide bonds. The molecule has 12 heavy (non-hydrogen) atoms. The SMILES string of the molecule is COC[C@@H](N)Cc1ccccc1. The first-order valence-electron chi connectivity index (χ1n) is 4.11. The fourth-order valence-electron chi connectivity index (χ4n) is 1.19. The summed E-state index contributed by atoms with van der Waals surface area (Å²) in [5.74, 6) is 0. The number of nitrogens with two attached hydrogens (primary N) is 1. The lowest BCUT2D eigenvalue weighted by molar-refractivity contribution is 0.180. The third kappa shape index (κ3) is 3.03. The minimum atomic E-state index is 0.109. The zero-order valence-electron chi connectivity index (χ0n) is 7.36. The third-order valence-electron chi connectivity index (χ3n) is 1.72. The lowest BCUT2D eigenvalue weighted by atomic mass is 10.1. The van der Waals surface area contributed by atoms with E-state index in [-0.39, 0.29) is 6.04 Å². The van der Waals surface area contributed by atoms with Crippen molar-refractivity contribution in [3.05, 3.63) is 35.9 Å². The first kappa shape index (κ1) is 9.23. The van der Waals surface area contributed by atoms with E-state index in [9.17, 15) is 0 Å². The molecule has 0 saturated heterocycles. The van der Waals surface area contributed by atoms with Crippen LogP contribution < -0.4 is 5.73 Å². The van der Waals surface area contributed by atoms with Crippen molar-refractivity contribution in [2.75, 3.05) is 13.7 Å². The molecule has 1 aromatic rings. The Morgan fingerprint density at radius 2 is 2.00 bits per heavy atom. The van der Waals surface area contributed by atoms with Crippen molar-refractivity contribution in [1.82, 2.24) is 0 Å². The normalized spacial score (nSPS) is 12.8. The number of hydrogen-bond donors (Lipinski definition) is 1. The van der Waals surface area contributed by atoms with E-state index in [1.807, 2.05) is 18.2 Å². The number of ether oxygens (including phenoxy) is 1. The Bertz CT molecular complexity index is 210. The number of methoxy groups -OCH3 is 1. The van der Waals surface area contributed by atoms with Gasteiger partial charge >= 0.3 is 0 Å². The second kappa shape index (κ2) is 4.91. The van der Waals surface area contributed by atoms with E-state index >= 15 is 0 Å². The van der Waals surface area contributed by atoms with Gasteiger partial charge in [0.15, 0.2) is 0 Å². The van der Waals surface area contributed by atoms with Gasteiger partial charge in [-0.05, 0) is 12.0 Å². The summed E-state index contributed by atoms with van der Waals surface area (Å²) in [6.45, 7) is 0.620. The fourth-order valence-corrected chi connectivity index (χ4v) is 1.19. The highest BCUT2D eigenvalue weighted by molar-refractivity contribution is 5.15. The summed E-state index contributed by atoms with van der Waals surface area (Å²) in [5.41, 5.74) is 7.06. The van der Waals surface area contributed by atoms with Crippen molar-refractivity contribution in [2.45, 2.75) is 12.5 Å². The van der Waals surface area contributed by atoms with Crippen molar-refractivity contribution in [3.8, 4) is 0 Å². The van der Waals surface area contributed by atoms with Gasteiger partial charge in [0.1, 0.15) is 0 Å². The molecular formula is C10H15NO. The maximum absolute atomic E-state index is 5.79. The van der Waals surface area contributed by atoms with Gasteiger partial charge in [0.25, 0.3) is 0 Å². The molecule has 0 aliphatic rings. The van der Waals surface area contributed by atoms with E-state index < -0.39 is 0 Å². The topological polar surface area (TPSA) is 35.2 Å². The summed E-state index contributed by atoms with van der Waals surface area (Å²) in [5, 5.41) is 0. The zero-order chi connectivity index (χ0) is 8.81. The molecule has 0 aliphatic carbocycles. The van der Waals surface area contributed by atoms with Gasteiger partial charge in [0.05, 0.1) is 6.61 Å². The van der Waals surface area contributed by atoms with Crippen molar-refractivity contribution in [2.24, 2.45) is 5.73 Å². The molecule has 2 heteroatoms. The van der Waals surface area contributed by atoms with Gasteiger partial charge in [-0.3, -0.25) is 0 Å². The average molecular weight is 165 g/mol. The quantitative estimate of drug-likeness (QED) is 0.727. The molecule has 0 aliphatic heterocycles. The van der Waals surface area contributed by atoms with Crippen LogP contribution in [0.1, 0.15) is 5.56 Å². The maximum atomic E-state index is 5.79. The van der Waals surface area contributed by atoms with Gasteiger partial charge in [0, 0.05) is 13.2 Å². The number of rotatable bonds is 4. The van der Waals surface area contributed by atoms with Crippen molar-refractivity contribution in [1.29, 1.82) is 0 Å². The van der Waals surface area contributed by atoms with Gasteiger partial charge in [-0.15, -0.1) is 0 Å². The average Bonchev–Trinajstić information content (AvgIpc) is 2.06. The molecule has 0 radical (unpaired) electrons. The second-order valence-corrected chi connectivity index (χ2v) is 2.91. The largest absolute Gasteiger partial charge is 0.383 e. The maximum Gasteiger partial charge on any atom is 0.0616 e. The van der Waals surface area contributed by atoms with Crippen LogP contribution in [0.5, 0.6) is 0 Å². The van der Waals surface area contributed by atoms with Gasteiger partial charge in [-0.2, -0.15) is 0 Å². The van der Waals surface area contributed by atoms with Crippen LogP contribution in [0.3, 0.4) is 0 Å². The molecule has 0 unspecified atom stereocenters. The Hall–Kier alpha value is -0.860. The Labute approximate surface area is 73.3 Å². The van der Waals surface area contributed by atoms with Crippen molar-refractivity contribution >= 4 is 0 Å². The molecule has 1 rings (SSSR count). The molecule has 66 valence electrons. The first-order valence-corrected chi connectivity index (χ1v) is 4.11. The Morgan fingerprint density at radius 1 is 1.33 bits per heavy atom. The number of benzene rings is 1. The minimum absolute atomic E-state index is 0.109. The summed E-state index contributed by atoms with van der Waals surface area (Å²) in [6, 6.07) is 10.3. The van der Waals surface area contributed by atoms with E-state index in [2.05, 4.69) is 12.1 Å².